The van der Waals surface area contributed by atoms with Gasteiger partial charge in [0.25, 0.3) is 0 Å². The molecule has 2 heterocycles. The number of fused-ring (bicyclic) bond motifs is 1. The molecule has 17 heavy (non-hydrogen) atoms. The highest BCUT2D eigenvalue weighted by molar-refractivity contribution is 5.87. The number of anilines is 1. The number of alkyl halides is 3. The van der Waals surface area contributed by atoms with Gasteiger partial charge in [0.15, 0.2) is 0 Å². The van der Waals surface area contributed by atoms with Gasteiger partial charge in [0.2, 0.25) is 5.82 Å². The Morgan fingerprint density at radius 1 is 1.35 bits per heavy atom. The normalized spacial score (nSPS) is 12.1. The maximum absolute atomic E-state index is 12.6. The lowest BCUT2D eigenvalue weighted by Gasteiger charge is -2.08. The zero-order valence-corrected chi connectivity index (χ0v) is 9.31. The van der Waals surface area contributed by atoms with Crippen LogP contribution in [0.5, 0.6) is 0 Å². The summed E-state index contributed by atoms with van der Waals surface area (Å²) in [5.74, 6) is -0.933. The number of nitrogens with one attached hydrogen (secondary N) is 2. The number of hydrogen-bond donors (Lipinski definition) is 2. The second-order valence-electron chi connectivity index (χ2n) is 3.64. The summed E-state index contributed by atoms with van der Waals surface area (Å²) in [5, 5.41) is 3.37. The van der Waals surface area contributed by atoms with Gasteiger partial charge in [-0.3, -0.25) is 0 Å². The molecule has 0 unspecified atom stereocenters. The van der Waals surface area contributed by atoms with Crippen LogP contribution in [-0.2, 0) is 6.18 Å². The van der Waals surface area contributed by atoms with Crippen molar-refractivity contribution in [2.24, 2.45) is 0 Å². The van der Waals surface area contributed by atoms with E-state index in [1.54, 1.807) is 19.9 Å². The molecule has 0 aliphatic rings. The number of halogens is 3. The predicted molar refractivity (Wildman–Crippen MR) is 57.8 cm³/mol. The van der Waals surface area contributed by atoms with Crippen LogP contribution in [0.15, 0.2) is 6.07 Å². The first-order valence-electron chi connectivity index (χ1n) is 5.10. The average molecular weight is 244 g/mol. The van der Waals surface area contributed by atoms with E-state index in [-0.39, 0.29) is 11.5 Å². The molecular weight excluding hydrogens is 233 g/mol. The van der Waals surface area contributed by atoms with E-state index >= 15 is 0 Å². The molecule has 0 fully saturated rings. The first-order valence-corrected chi connectivity index (χ1v) is 5.10. The number of aromatic nitrogens is 3. The Bertz CT molecular complexity index is 544. The quantitative estimate of drug-likeness (QED) is 0.854. The van der Waals surface area contributed by atoms with Crippen molar-refractivity contribution in [1.82, 2.24) is 15.0 Å². The average Bonchev–Trinajstić information content (AvgIpc) is 2.57. The van der Waals surface area contributed by atoms with Crippen LogP contribution in [0.25, 0.3) is 11.0 Å². The molecule has 0 atom stereocenters. The van der Waals surface area contributed by atoms with E-state index in [9.17, 15) is 13.2 Å². The number of nitrogens with zero attached hydrogens (tertiary/aromatic N) is 2. The Morgan fingerprint density at radius 3 is 2.65 bits per heavy atom. The van der Waals surface area contributed by atoms with Crippen LogP contribution in [-0.4, -0.2) is 21.5 Å². The highest BCUT2D eigenvalue weighted by Crippen LogP contribution is 2.30. The molecule has 0 aliphatic carbocycles. The number of rotatable bonds is 2. The van der Waals surface area contributed by atoms with Gasteiger partial charge in [-0.2, -0.15) is 13.2 Å². The van der Waals surface area contributed by atoms with Crippen molar-refractivity contribution in [2.75, 3.05) is 11.9 Å². The fourth-order valence-corrected chi connectivity index (χ4v) is 1.57. The molecule has 2 rings (SSSR count). The molecule has 0 amide bonds. The molecule has 0 aliphatic heterocycles. The van der Waals surface area contributed by atoms with E-state index in [1.165, 1.54) is 0 Å². The van der Waals surface area contributed by atoms with Crippen molar-refractivity contribution in [3.05, 3.63) is 17.6 Å². The molecule has 0 spiro atoms. The van der Waals surface area contributed by atoms with Crippen LogP contribution < -0.4 is 5.32 Å². The monoisotopic (exact) mass is 244 g/mol. The van der Waals surface area contributed by atoms with Crippen LogP contribution in [0.2, 0.25) is 0 Å². The molecule has 0 radical (unpaired) electrons. The van der Waals surface area contributed by atoms with Crippen LogP contribution in [0, 0.1) is 6.92 Å². The summed E-state index contributed by atoms with van der Waals surface area (Å²) in [5.41, 5.74) is 0.938. The molecule has 0 saturated heterocycles. The maximum Gasteiger partial charge on any atom is 0.451 e. The number of H-pyrrole nitrogens is 1. The Kier molecular flexibility index (Phi) is 2.68. The number of aryl methyl sites for hydroxylation is 1. The van der Waals surface area contributed by atoms with E-state index in [0.717, 1.165) is 5.69 Å². The molecule has 92 valence electrons. The lowest BCUT2D eigenvalue weighted by Crippen LogP contribution is -2.13. The third kappa shape index (κ3) is 2.17. The van der Waals surface area contributed by atoms with E-state index in [4.69, 9.17) is 0 Å². The van der Waals surface area contributed by atoms with Crippen LogP contribution in [0.4, 0.5) is 19.0 Å². The zero-order valence-electron chi connectivity index (χ0n) is 9.31. The van der Waals surface area contributed by atoms with Crippen LogP contribution in [0.3, 0.4) is 0 Å². The van der Waals surface area contributed by atoms with Gasteiger partial charge in [-0.15, -0.1) is 0 Å². The van der Waals surface area contributed by atoms with Gasteiger partial charge >= 0.3 is 6.18 Å². The summed E-state index contributed by atoms with van der Waals surface area (Å²) < 4.78 is 37.7. The highest BCUT2D eigenvalue weighted by atomic mass is 19.4. The molecule has 0 saturated carbocycles. The zero-order chi connectivity index (χ0) is 12.6. The summed E-state index contributed by atoms with van der Waals surface area (Å²) >= 11 is 0. The number of aromatic amines is 1. The Balaban J connectivity index is 2.66. The molecule has 7 heteroatoms. The fraction of sp³-hybridized carbons (Fsp3) is 0.400. The first-order chi connectivity index (χ1) is 7.91. The first kappa shape index (κ1) is 11.7. The predicted octanol–water partition coefficient (Wildman–Crippen LogP) is 2.72. The minimum Gasteiger partial charge on any atom is -0.370 e. The summed E-state index contributed by atoms with van der Waals surface area (Å²) in [6.07, 6.45) is -4.54. The summed E-state index contributed by atoms with van der Waals surface area (Å²) in [7, 11) is 0. The molecule has 0 bridgehead atoms. The van der Waals surface area contributed by atoms with E-state index < -0.39 is 12.0 Å². The van der Waals surface area contributed by atoms with Crippen LogP contribution in [0.1, 0.15) is 18.4 Å². The van der Waals surface area contributed by atoms with Gasteiger partial charge in [0.05, 0.1) is 5.39 Å². The summed E-state index contributed by atoms with van der Waals surface area (Å²) in [6.45, 7) is 4.04. The van der Waals surface area contributed by atoms with Crippen molar-refractivity contribution in [2.45, 2.75) is 20.0 Å². The maximum atomic E-state index is 12.6. The fourth-order valence-electron chi connectivity index (χ4n) is 1.57. The smallest absolute Gasteiger partial charge is 0.370 e. The molecule has 2 N–H and O–H groups in total. The lowest BCUT2D eigenvalue weighted by atomic mass is 10.3. The molecule has 4 nitrogen and oxygen atoms in total. The lowest BCUT2D eigenvalue weighted by molar-refractivity contribution is -0.144. The minimum absolute atomic E-state index is 0.195. The van der Waals surface area contributed by atoms with Gasteiger partial charge in [-0.1, -0.05) is 0 Å². The standard InChI is InChI=1S/C10H11F3N4/c1-3-14-7-6-4-5(2)15-8(6)17-9(16-7)10(11,12)13/h4H,3H2,1-2H3,(H2,14,15,16,17). The van der Waals surface area contributed by atoms with Gasteiger partial charge < -0.3 is 10.3 Å². The molecular formula is C10H11F3N4. The molecule has 0 aromatic carbocycles. The van der Waals surface area contributed by atoms with Gasteiger partial charge in [0, 0.05) is 12.2 Å². The van der Waals surface area contributed by atoms with Crippen molar-refractivity contribution in [3.63, 3.8) is 0 Å². The van der Waals surface area contributed by atoms with Crippen molar-refractivity contribution >= 4 is 16.9 Å². The minimum atomic E-state index is -4.54. The van der Waals surface area contributed by atoms with Crippen molar-refractivity contribution in [1.29, 1.82) is 0 Å². The number of hydrogen-bond acceptors (Lipinski definition) is 3. The summed E-state index contributed by atoms with van der Waals surface area (Å²) in [6, 6.07) is 1.72. The molecule has 2 aromatic rings. The largest absolute Gasteiger partial charge is 0.451 e. The Hall–Kier alpha value is -1.79. The Morgan fingerprint density at radius 2 is 2.06 bits per heavy atom. The topological polar surface area (TPSA) is 53.6 Å². The summed E-state index contributed by atoms with van der Waals surface area (Å²) in [4.78, 5) is 9.77. The van der Waals surface area contributed by atoms with E-state index in [2.05, 4.69) is 20.3 Å². The van der Waals surface area contributed by atoms with Crippen molar-refractivity contribution in [3.8, 4) is 0 Å². The van der Waals surface area contributed by atoms with Crippen molar-refractivity contribution < 1.29 is 13.2 Å². The third-order valence-corrected chi connectivity index (χ3v) is 2.22. The SMILES string of the molecule is CCNc1nc(C(F)(F)F)nc2[nH]c(C)cc12. The van der Waals surface area contributed by atoms with Gasteiger partial charge in [-0.25, -0.2) is 9.97 Å². The van der Waals surface area contributed by atoms with E-state index in [0.29, 0.717) is 11.9 Å². The Labute approximate surface area is 95.3 Å². The molecule has 2 aromatic heterocycles. The highest BCUT2D eigenvalue weighted by Gasteiger charge is 2.35. The second kappa shape index (κ2) is 3.90. The van der Waals surface area contributed by atoms with Crippen LogP contribution >= 0.6 is 0 Å². The second-order valence-corrected chi connectivity index (χ2v) is 3.64. The third-order valence-electron chi connectivity index (χ3n) is 2.22. The van der Waals surface area contributed by atoms with E-state index in [1.807, 2.05) is 0 Å². The van der Waals surface area contributed by atoms with Gasteiger partial charge in [0.1, 0.15) is 11.5 Å². The van der Waals surface area contributed by atoms with Gasteiger partial charge in [-0.05, 0) is 19.9 Å².